The SMILES string of the molecule is Cc1n[nH]c(C)c1CC(=O)N1CCSCC1C(=O)O. The molecule has 0 spiro atoms. The minimum Gasteiger partial charge on any atom is -0.480 e. The van der Waals surface area contributed by atoms with E-state index >= 15 is 0 Å². The Morgan fingerprint density at radius 3 is 2.84 bits per heavy atom. The molecular weight excluding hydrogens is 266 g/mol. The average Bonchev–Trinajstić information content (AvgIpc) is 2.70. The van der Waals surface area contributed by atoms with Crippen molar-refractivity contribution < 1.29 is 14.7 Å². The average molecular weight is 283 g/mol. The minimum absolute atomic E-state index is 0.139. The standard InChI is InChI=1S/C12H17N3O3S/c1-7-9(8(2)14-13-7)5-11(16)15-3-4-19-6-10(15)12(17)18/h10H,3-6H2,1-2H3,(H,13,14)(H,17,18). The van der Waals surface area contributed by atoms with Gasteiger partial charge in [-0.25, -0.2) is 4.79 Å². The maximum Gasteiger partial charge on any atom is 0.327 e. The topological polar surface area (TPSA) is 86.3 Å². The van der Waals surface area contributed by atoms with Crippen LogP contribution < -0.4 is 0 Å². The number of amides is 1. The van der Waals surface area contributed by atoms with Crippen molar-refractivity contribution in [2.24, 2.45) is 0 Å². The quantitative estimate of drug-likeness (QED) is 0.848. The van der Waals surface area contributed by atoms with Gasteiger partial charge in [-0.15, -0.1) is 0 Å². The second-order valence-electron chi connectivity index (χ2n) is 4.61. The van der Waals surface area contributed by atoms with Crippen molar-refractivity contribution in [3.05, 3.63) is 17.0 Å². The number of carbonyl (C=O) groups is 2. The zero-order valence-electron chi connectivity index (χ0n) is 11.0. The molecule has 1 atom stereocenters. The third kappa shape index (κ3) is 2.91. The van der Waals surface area contributed by atoms with Gasteiger partial charge in [0, 0.05) is 29.3 Å². The minimum atomic E-state index is -0.929. The van der Waals surface area contributed by atoms with Crippen molar-refractivity contribution in [3.8, 4) is 0 Å². The lowest BCUT2D eigenvalue weighted by atomic mass is 10.1. The molecule has 0 aliphatic carbocycles. The Bertz CT molecular complexity index is 481. The molecule has 1 unspecified atom stereocenters. The number of hydrogen-bond acceptors (Lipinski definition) is 4. The van der Waals surface area contributed by atoms with E-state index in [4.69, 9.17) is 5.11 Å². The summed E-state index contributed by atoms with van der Waals surface area (Å²) in [5.41, 5.74) is 2.53. The Morgan fingerprint density at radius 1 is 1.53 bits per heavy atom. The summed E-state index contributed by atoms with van der Waals surface area (Å²) >= 11 is 1.57. The number of aryl methyl sites for hydroxylation is 2. The summed E-state index contributed by atoms with van der Waals surface area (Å²) in [6, 6.07) is -0.709. The summed E-state index contributed by atoms with van der Waals surface area (Å²) in [5.74, 6) is 0.185. The highest BCUT2D eigenvalue weighted by atomic mass is 32.2. The summed E-state index contributed by atoms with van der Waals surface area (Å²) in [6.07, 6.45) is 0.211. The van der Waals surface area contributed by atoms with Crippen molar-refractivity contribution in [2.75, 3.05) is 18.1 Å². The Labute approximate surface area is 115 Å². The predicted molar refractivity (Wildman–Crippen MR) is 72.2 cm³/mol. The summed E-state index contributed by atoms with van der Waals surface area (Å²) < 4.78 is 0. The number of nitrogens with zero attached hydrogens (tertiary/aromatic N) is 2. The highest BCUT2D eigenvalue weighted by Crippen LogP contribution is 2.19. The Hall–Kier alpha value is -1.50. The zero-order chi connectivity index (χ0) is 14.0. The number of H-pyrrole nitrogens is 1. The molecule has 1 aromatic rings. The maximum atomic E-state index is 12.3. The van der Waals surface area contributed by atoms with Crippen LogP contribution in [0.3, 0.4) is 0 Å². The highest BCUT2D eigenvalue weighted by molar-refractivity contribution is 7.99. The van der Waals surface area contributed by atoms with Gasteiger partial charge in [-0.3, -0.25) is 9.89 Å². The fourth-order valence-electron chi connectivity index (χ4n) is 2.19. The first-order valence-electron chi connectivity index (χ1n) is 6.11. The molecule has 1 aliphatic heterocycles. The first-order valence-corrected chi connectivity index (χ1v) is 7.26. The third-order valence-corrected chi connectivity index (χ3v) is 4.37. The molecular formula is C12H17N3O3S. The molecule has 6 nitrogen and oxygen atoms in total. The zero-order valence-corrected chi connectivity index (χ0v) is 11.8. The number of aliphatic carboxylic acids is 1. The van der Waals surface area contributed by atoms with E-state index in [1.807, 2.05) is 13.8 Å². The van der Waals surface area contributed by atoms with E-state index < -0.39 is 12.0 Å². The van der Waals surface area contributed by atoms with Gasteiger partial charge in [-0.2, -0.15) is 16.9 Å². The molecule has 0 aromatic carbocycles. The Balaban J connectivity index is 2.12. The molecule has 2 heterocycles. The highest BCUT2D eigenvalue weighted by Gasteiger charge is 2.32. The van der Waals surface area contributed by atoms with Gasteiger partial charge in [0.1, 0.15) is 6.04 Å². The van der Waals surface area contributed by atoms with E-state index in [-0.39, 0.29) is 12.3 Å². The molecule has 1 aromatic heterocycles. The molecule has 0 radical (unpaired) electrons. The van der Waals surface area contributed by atoms with Gasteiger partial charge >= 0.3 is 5.97 Å². The predicted octanol–water partition coefficient (Wildman–Crippen LogP) is 0.598. The molecule has 1 aliphatic rings. The molecule has 0 bridgehead atoms. The number of rotatable bonds is 3. The molecule has 1 saturated heterocycles. The molecule has 1 fully saturated rings. The van der Waals surface area contributed by atoms with E-state index in [1.165, 1.54) is 4.90 Å². The first-order chi connectivity index (χ1) is 9.00. The van der Waals surface area contributed by atoms with Crippen LogP contribution in [0.15, 0.2) is 0 Å². The second kappa shape index (κ2) is 5.64. The fourth-order valence-corrected chi connectivity index (χ4v) is 3.23. The van der Waals surface area contributed by atoms with Crippen LogP contribution in [0.4, 0.5) is 0 Å². The van der Waals surface area contributed by atoms with Gasteiger partial charge in [-0.1, -0.05) is 0 Å². The van der Waals surface area contributed by atoms with E-state index in [2.05, 4.69) is 10.2 Å². The molecule has 19 heavy (non-hydrogen) atoms. The van der Waals surface area contributed by atoms with Gasteiger partial charge in [-0.05, 0) is 13.8 Å². The summed E-state index contributed by atoms with van der Waals surface area (Å²) in [5, 5.41) is 16.1. The van der Waals surface area contributed by atoms with Crippen molar-refractivity contribution in [2.45, 2.75) is 26.3 Å². The Morgan fingerprint density at radius 2 is 2.26 bits per heavy atom. The van der Waals surface area contributed by atoms with E-state index in [1.54, 1.807) is 11.8 Å². The largest absolute Gasteiger partial charge is 0.480 e. The molecule has 1 amide bonds. The summed E-state index contributed by atoms with van der Waals surface area (Å²) in [6.45, 7) is 4.20. The Kier molecular flexibility index (Phi) is 4.14. The van der Waals surface area contributed by atoms with E-state index in [0.29, 0.717) is 12.3 Å². The lowest BCUT2D eigenvalue weighted by Gasteiger charge is -2.32. The molecule has 0 saturated carbocycles. The van der Waals surface area contributed by atoms with Crippen molar-refractivity contribution in [1.82, 2.24) is 15.1 Å². The van der Waals surface area contributed by atoms with E-state index in [9.17, 15) is 9.59 Å². The monoisotopic (exact) mass is 283 g/mol. The number of aromatic nitrogens is 2. The number of carboxylic acids is 1. The van der Waals surface area contributed by atoms with Gasteiger partial charge in [0.25, 0.3) is 0 Å². The number of nitrogens with one attached hydrogen (secondary N) is 1. The van der Waals surface area contributed by atoms with Gasteiger partial charge in [0.15, 0.2) is 0 Å². The molecule has 2 rings (SSSR count). The van der Waals surface area contributed by atoms with E-state index in [0.717, 1.165) is 22.7 Å². The van der Waals surface area contributed by atoms with Crippen molar-refractivity contribution >= 4 is 23.6 Å². The number of carboxylic acid groups (broad SMARTS) is 1. The maximum absolute atomic E-state index is 12.3. The number of aromatic amines is 1. The van der Waals surface area contributed by atoms with Crippen LogP contribution in [0, 0.1) is 13.8 Å². The van der Waals surface area contributed by atoms with Crippen LogP contribution in [0.2, 0.25) is 0 Å². The lowest BCUT2D eigenvalue weighted by molar-refractivity contribution is -0.148. The second-order valence-corrected chi connectivity index (χ2v) is 5.76. The third-order valence-electron chi connectivity index (χ3n) is 3.34. The molecule has 104 valence electrons. The first kappa shape index (κ1) is 13.9. The number of carbonyl (C=O) groups excluding carboxylic acids is 1. The van der Waals surface area contributed by atoms with Crippen molar-refractivity contribution in [3.63, 3.8) is 0 Å². The van der Waals surface area contributed by atoms with Crippen LogP contribution in [0.1, 0.15) is 17.0 Å². The summed E-state index contributed by atoms with van der Waals surface area (Å²) in [7, 11) is 0. The lowest BCUT2D eigenvalue weighted by Crippen LogP contribution is -2.50. The van der Waals surface area contributed by atoms with Gasteiger partial charge in [0.05, 0.1) is 12.1 Å². The van der Waals surface area contributed by atoms with Crippen molar-refractivity contribution in [1.29, 1.82) is 0 Å². The number of thioether (sulfide) groups is 1. The van der Waals surface area contributed by atoms with Gasteiger partial charge in [0.2, 0.25) is 5.91 Å². The smallest absolute Gasteiger partial charge is 0.327 e. The van der Waals surface area contributed by atoms with Crippen LogP contribution >= 0.6 is 11.8 Å². The van der Waals surface area contributed by atoms with Crippen LogP contribution in [-0.2, 0) is 16.0 Å². The van der Waals surface area contributed by atoms with Crippen LogP contribution in [0.5, 0.6) is 0 Å². The normalized spacial score (nSPS) is 19.5. The van der Waals surface area contributed by atoms with Crippen LogP contribution in [0.25, 0.3) is 0 Å². The molecule has 7 heteroatoms. The number of hydrogen-bond donors (Lipinski definition) is 2. The van der Waals surface area contributed by atoms with Crippen LogP contribution in [-0.4, -0.2) is 56.2 Å². The summed E-state index contributed by atoms with van der Waals surface area (Å²) in [4.78, 5) is 25.0. The van der Waals surface area contributed by atoms with Gasteiger partial charge < -0.3 is 10.0 Å². The molecule has 2 N–H and O–H groups in total. The fraction of sp³-hybridized carbons (Fsp3) is 0.583.